The van der Waals surface area contributed by atoms with E-state index in [0.717, 1.165) is 12.8 Å². The van der Waals surface area contributed by atoms with Crippen LogP contribution >= 0.6 is 0 Å². The standard InChI is InChI=1S/C19H18N4O3.2H2/c1-2-3-8-21-19(26)12-4-6-13(7-5-12)23-15-9-16(24)17-14(18(15)25)10-20-11-22-17;;/h4-7,9-11,23H,2-3,8H2,1H3,(H,21,26);2*1H. The van der Waals surface area contributed by atoms with Crippen molar-refractivity contribution in [1.82, 2.24) is 15.3 Å². The van der Waals surface area contributed by atoms with E-state index < -0.39 is 0 Å². The fourth-order valence-corrected chi connectivity index (χ4v) is 2.54. The van der Waals surface area contributed by atoms with Gasteiger partial charge in [-0.2, -0.15) is 0 Å². The predicted octanol–water partition coefficient (Wildman–Crippen LogP) is 2.87. The fourth-order valence-electron chi connectivity index (χ4n) is 2.54. The smallest absolute Gasteiger partial charge is 0.251 e. The highest BCUT2D eigenvalue weighted by atomic mass is 16.2. The maximum Gasteiger partial charge on any atom is 0.251 e. The number of rotatable bonds is 6. The molecule has 1 aliphatic rings. The first-order chi connectivity index (χ1) is 12.6. The summed E-state index contributed by atoms with van der Waals surface area (Å²) in [6.07, 6.45) is 5.74. The molecule has 0 radical (unpaired) electrons. The second-order valence-electron chi connectivity index (χ2n) is 5.85. The molecule has 1 amide bonds. The number of unbranched alkanes of at least 4 members (excludes halogenated alkanes) is 1. The molecule has 0 bridgehead atoms. The minimum Gasteiger partial charge on any atom is -0.352 e. The first-order valence-electron chi connectivity index (χ1n) is 8.36. The first-order valence-corrected chi connectivity index (χ1v) is 8.36. The van der Waals surface area contributed by atoms with Gasteiger partial charge in [0, 0.05) is 32.9 Å². The summed E-state index contributed by atoms with van der Waals surface area (Å²) >= 11 is 0. The Kier molecular flexibility index (Phi) is 5.17. The van der Waals surface area contributed by atoms with Gasteiger partial charge in [-0.1, -0.05) is 13.3 Å². The molecule has 7 nitrogen and oxygen atoms in total. The third kappa shape index (κ3) is 3.66. The second kappa shape index (κ2) is 7.69. The number of nitrogens with zero attached hydrogens (tertiary/aromatic N) is 2. The van der Waals surface area contributed by atoms with Crippen molar-refractivity contribution in [3.63, 3.8) is 0 Å². The average molecular weight is 354 g/mol. The molecule has 1 aromatic heterocycles. The van der Waals surface area contributed by atoms with E-state index in [9.17, 15) is 14.4 Å². The molecular formula is C19H22N4O3. The number of hydrogen-bond donors (Lipinski definition) is 2. The molecule has 0 aliphatic heterocycles. The molecule has 0 spiro atoms. The van der Waals surface area contributed by atoms with Crippen molar-refractivity contribution in [2.75, 3.05) is 11.9 Å². The number of fused-ring (bicyclic) bond motifs is 1. The Hall–Kier alpha value is -3.35. The van der Waals surface area contributed by atoms with E-state index in [1.807, 2.05) is 0 Å². The number of benzene rings is 1. The summed E-state index contributed by atoms with van der Waals surface area (Å²) in [6.45, 7) is 2.70. The number of allylic oxidation sites excluding steroid dienone is 2. The van der Waals surface area contributed by atoms with Crippen LogP contribution in [0.3, 0.4) is 0 Å². The zero-order valence-corrected chi connectivity index (χ0v) is 14.3. The van der Waals surface area contributed by atoms with E-state index in [1.165, 1.54) is 18.6 Å². The van der Waals surface area contributed by atoms with Crippen molar-refractivity contribution in [1.29, 1.82) is 0 Å². The Bertz CT molecular complexity index is 898. The van der Waals surface area contributed by atoms with Crippen LogP contribution in [0.5, 0.6) is 0 Å². The quantitative estimate of drug-likeness (QED) is 0.774. The van der Waals surface area contributed by atoms with Gasteiger partial charge in [-0.25, -0.2) is 9.97 Å². The Labute approximate surface area is 153 Å². The Morgan fingerprint density at radius 1 is 1.19 bits per heavy atom. The number of aromatic nitrogens is 2. The van der Waals surface area contributed by atoms with E-state index in [1.54, 1.807) is 24.3 Å². The van der Waals surface area contributed by atoms with Crippen LogP contribution in [0.2, 0.25) is 0 Å². The lowest BCUT2D eigenvalue weighted by molar-refractivity contribution is 0.0952. The lowest BCUT2D eigenvalue weighted by atomic mass is 9.98. The maximum absolute atomic E-state index is 12.5. The van der Waals surface area contributed by atoms with Crippen LogP contribution in [0.15, 0.2) is 48.6 Å². The summed E-state index contributed by atoms with van der Waals surface area (Å²) in [5, 5.41) is 5.77. The van der Waals surface area contributed by atoms with Crippen LogP contribution in [0.25, 0.3) is 0 Å². The number of carbonyl (C=O) groups excluding carboxylic acids is 3. The van der Waals surface area contributed by atoms with Crippen LogP contribution in [0.4, 0.5) is 5.69 Å². The number of ketones is 2. The average Bonchev–Trinajstić information content (AvgIpc) is 2.66. The highest BCUT2D eigenvalue weighted by molar-refractivity contribution is 6.24. The first kappa shape index (κ1) is 17.5. The number of Topliss-reactive ketones (excluding diaryl/α,β-unsaturated/α-hetero) is 1. The van der Waals surface area contributed by atoms with Gasteiger partial charge in [0.1, 0.15) is 12.0 Å². The number of carbonyl (C=O) groups is 3. The Balaban J connectivity index is 0.00000196. The van der Waals surface area contributed by atoms with Crippen molar-refractivity contribution in [2.45, 2.75) is 19.8 Å². The summed E-state index contributed by atoms with van der Waals surface area (Å²) < 4.78 is 0. The van der Waals surface area contributed by atoms with Crippen molar-refractivity contribution < 1.29 is 17.2 Å². The third-order valence-corrected chi connectivity index (χ3v) is 3.95. The molecule has 2 N–H and O–H groups in total. The number of nitrogens with one attached hydrogen (secondary N) is 2. The van der Waals surface area contributed by atoms with Crippen molar-refractivity contribution in [2.24, 2.45) is 0 Å². The predicted molar refractivity (Wildman–Crippen MR) is 100 cm³/mol. The van der Waals surface area contributed by atoms with E-state index in [0.29, 0.717) is 17.8 Å². The summed E-state index contributed by atoms with van der Waals surface area (Å²) in [6, 6.07) is 6.70. The van der Waals surface area contributed by atoms with Gasteiger partial charge in [-0.05, 0) is 30.7 Å². The maximum atomic E-state index is 12.5. The van der Waals surface area contributed by atoms with E-state index in [2.05, 4.69) is 27.5 Å². The number of hydrogen-bond acceptors (Lipinski definition) is 6. The van der Waals surface area contributed by atoms with Gasteiger partial charge in [-0.3, -0.25) is 14.4 Å². The molecule has 0 saturated carbocycles. The minimum absolute atomic E-state index is 0. The number of amides is 1. The molecule has 136 valence electrons. The molecule has 0 fully saturated rings. The molecule has 0 atom stereocenters. The Morgan fingerprint density at radius 3 is 2.69 bits per heavy atom. The van der Waals surface area contributed by atoms with E-state index in [-0.39, 0.29) is 37.3 Å². The molecule has 1 heterocycles. The summed E-state index contributed by atoms with van der Waals surface area (Å²) in [5.41, 5.74) is 1.56. The molecule has 0 saturated heterocycles. The van der Waals surface area contributed by atoms with Gasteiger partial charge in [0.05, 0.1) is 11.3 Å². The van der Waals surface area contributed by atoms with Gasteiger partial charge in [0.15, 0.2) is 0 Å². The van der Waals surface area contributed by atoms with Crippen LogP contribution in [0, 0.1) is 0 Å². The van der Waals surface area contributed by atoms with Gasteiger partial charge in [-0.15, -0.1) is 0 Å². The summed E-state index contributed by atoms with van der Waals surface area (Å²) in [5.74, 6) is -0.836. The highest BCUT2D eigenvalue weighted by Gasteiger charge is 2.27. The zero-order chi connectivity index (χ0) is 18.5. The number of anilines is 1. The van der Waals surface area contributed by atoms with Gasteiger partial charge < -0.3 is 10.6 Å². The largest absolute Gasteiger partial charge is 0.352 e. The highest BCUT2D eigenvalue weighted by Crippen LogP contribution is 2.21. The molecule has 3 rings (SSSR count). The van der Waals surface area contributed by atoms with Crippen LogP contribution in [-0.2, 0) is 0 Å². The molecular weight excluding hydrogens is 332 g/mol. The van der Waals surface area contributed by atoms with E-state index >= 15 is 0 Å². The van der Waals surface area contributed by atoms with Crippen molar-refractivity contribution >= 4 is 23.2 Å². The van der Waals surface area contributed by atoms with Crippen molar-refractivity contribution in [3.8, 4) is 0 Å². The monoisotopic (exact) mass is 354 g/mol. The SMILES string of the molecule is CCCCNC(=O)c1ccc(NC2=CC(=O)c3ncncc3C2=O)cc1.[HH].[HH]. The molecule has 2 aromatic rings. The topological polar surface area (TPSA) is 101 Å². The van der Waals surface area contributed by atoms with Gasteiger partial charge in [0.2, 0.25) is 11.6 Å². The lowest BCUT2D eigenvalue weighted by Gasteiger charge is -2.15. The molecule has 26 heavy (non-hydrogen) atoms. The molecule has 7 heteroatoms. The Morgan fingerprint density at radius 2 is 1.96 bits per heavy atom. The minimum atomic E-state index is -0.351. The second-order valence-corrected chi connectivity index (χ2v) is 5.85. The van der Waals surface area contributed by atoms with Crippen molar-refractivity contribution in [3.05, 3.63) is 65.4 Å². The lowest BCUT2D eigenvalue weighted by Crippen LogP contribution is -2.24. The fraction of sp³-hybridized carbons (Fsp3) is 0.211. The molecule has 1 aromatic carbocycles. The normalized spacial score (nSPS) is 13.0. The van der Waals surface area contributed by atoms with Crippen LogP contribution < -0.4 is 10.6 Å². The molecule has 1 aliphatic carbocycles. The van der Waals surface area contributed by atoms with Crippen LogP contribution in [-0.4, -0.2) is 34.0 Å². The zero-order valence-electron chi connectivity index (χ0n) is 14.3. The van der Waals surface area contributed by atoms with Gasteiger partial charge >= 0.3 is 0 Å². The third-order valence-electron chi connectivity index (χ3n) is 3.95. The van der Waals surface area contributed by atoms with Gasteiger partial charge in [0.25, 0.3) is 5.91 Å². The summed E-state index contributed by atoms with van der Waals surface area (Å²) in [4.78, 5) is 44.2. The summed E-state index contributed by atoms with van der Waals surface area (Å²) in [7, 11) is 0. The molecule has 0 unspecified atom stereocenters. The van der Waals surface area contributed by atoms with Crippen LogP contribution in [0.1, 0.15) is 53.8 Å². The van der Waals surface area contributed by atoms with E-state index in [4.69, 9.17) is 0 Å².